The molecule has 1 N–H and O–H groups in total. The molecule has 0 radical (unpaired) electrons. The predicted molar refractivity (Wildman–Crippen MR) is 126 cm³/mol. The van der Waals surface area contributed by atoms with Gasteiger partial charge in [-0.15, -0.1) is 0 Å². The van der Waals surface area contributed by atoms with E-state index in [9.17, 15) is 14.3 Å². The smallest absolute Gasteiger partial charge is 0.264 e. The predicted octanol–water partition coefficient (Wildman–Crippen LogP) is 2.76. The molecule has 176 valence electrons. The molecule has 3 heterocycles. The van der Waals surface area contributed by atoms with Gasteiger partial charge in [0.1, 0.15) is 23.3 Å². The Hall–Kier alpha value is -3.56. The van der Waals surface area contributed by atoms with Gasteiger partial charge in [-0.2, -0.15) is 5.10 Å². The van der Waals surface area contributed by atoms with Gasteiger partial charge in [0.2, 0.25) is 0 Å². The number of methoxy groups -OCH3 is 1. The molecule has 4 aromatic rings. The molecule has 1 saturated heterocycles. The maximum Gasteiger partial charge on any atom is 0.264 e. The van der Waals surface area contributed by atoms with E-state index in [1.54, 1.807) is 23.9 Å². The van der Waals surface area contributed by atoms with Gasteiger partial charge in [0, 0.05) is 19.6 Å². The van der Waals surface area contributed by atoms with E-state index in [4.69, 9.17) is 4.74 Å². The number of halogens is 1. The first-order chi connectivity index (χ1) is 16.4. The maximum absolute atomic E-state index is 13.1. The van der Waals surface area contributed by atoms with Gasteiger partial charge in [-0.3, -0.25) is 14.3 Å². The molecule has 8 nitrogen and oxygen atoms in total. The Labute approximate surface area is 195 Å². The van der Waals surface area contributed by atoms with Crippen molar-refractivity contribution in [2.75, 3.05) is 20.2 Å². The number of piperidine rings is 1. The third-order valence-electron chi connectivity index (χ3n) is 6.44. The van der Waals surface area contributed by atoms with E-state index in [0.29, 0.717) is 43.5 Å². The van der Waals surface area contributed by atoms with E-state index in [0.717, 1.165) is 17.0 Å². The quantitative estimate of drug-likeness (QED) is 0.473. The molecule has 0 aliphatic carbocycles. The number of likely N-dealkylation sites (tertiary alicyclic amines) is 1. The Kier molecular flexibility index (Phi) is 5.89. The molecule has 0 spiro atoms. The molecule has 5 rings (SSSR count). The van der Waals surface area contributed by atoms with Crippen molar-refractivity contribution in [2.45, 2.75) is 31.5 Å². The van der Waals surface area contributed by atoms with Crippen LogP contribution >= 0.6 is 0 Å². The zero-order valence-corrected chi connectivity index (χ0v) is 18.9. The highest BCUT2D eigenvalue weighted by Gasteiger charge is 2.33. The fraction of sp³-hybridized carbons (Fsp3) is 0.320. The van der Waals surface area contributed by atoms with Crippen LogP contribution in [-0.4, -0.2) is 55.1 Å². The molecule has 1 fully saturated rings. The first-order valence-electron chi connectivity index (χ1n) is 11.2. The summed E-state index contributed by atoms with van der Waals surface area (Å²) in [6.07, 6.45) is 4.06. The van der Waals surface area contributed by atoms with Crippen LogP contribution in [0.25, 0.3) is 16.7 Å². The molecular weight excluding hydrogens is 437 g/mol. The van der Waals surface area contributed by atoms with Gasteiger partial charge in [0.15, 0.2) is 5.65 Å². The Morgan fingerprint density at radius 2 is 1.79 bits per heavy atom. The molecule has 0 unspecified atom stereocenters. The van der Waals surface area contributed by atoms with Crippen molar-refractivity contribution in [3.63, 3.8) is 0 Å². The highest BCUT2D eigenvalue weighted by atomic mass is 19.1. The van der Waals surface area contributed by atoms with Gasteiger partial charge < -0.3 is 9.84 Å². The van der Waals surface area contributed by atoms with Crippen molar-refractivity contribution >= 4 is 11.0 Å². The molecule has 9 heteroatoms. The van der Waals surface area contributed by atoms with Gasteiger partial charge >= 0.3 is 0 Å². The third kappa shape index (κ3) is 4.44. The van der Waals surface area contributed by atoms with Crippen molar-refractivity contribution in [3.05, 3.63) is 82.8 Å². The van der Waals surface area contributed by atoms with Crippen molar-refractivity contribution in [1.82, 2.24) is 24.2 Å². The fourth-order valence-electron chi connectivity index (χ4n) is 4.42. The minimum Gasteiger partial charge on any atom is -0.497 e. The number of fused-ring (bicyclic) bond motifs is 1. The summed E-state index contributed by atoms with van der Waals surface area (Å²) in [7, 11) is 1.60. The molecule has 34 heavy (non-hydrogen) atoms. The zero-order valence-electron chi connectivity index (χ0n) is 18.9. The van der Waals surface area contributed by atoms with Gasteiger partial charge in [0.25, 0.3) is 5.56 Å². The van der Waals surface area contributed by atoms with Crippen LogP contribution in [0.4, 0.5) is 4.39 Å². The second-order valence-corrected chi connectivity index (χ2v) is 8.80. The Balaban J connectivity index is 1.29. The lowest BCUT2D eigenvalue weighted by Gasteiger charge is -2.38. The molecule has 2 aromatic carbocycles. The second kappa shape index (κ2) is 9.00. The van der Waals surface area contributed by atoms with Crippen LogP contribution in [0.1, 0.15) is 18.4 Å². The van der Waals surface area contributed by atoms with E-state index in [1.807, 2.05) is 24.3 Å². The number of aliphatic hydroxyl groups is 1. The van der Waals surface area contributed by atoms with Gasteiger partial charge in [-0.1, -0.05) is 12.1 Å². The molecule has 0 saturated carbocycles. The summed E-state index contributed by atoms with van der Waals surface area (Å²) in [4.78, 5) is 19.8. The summed E-state index contributed by atoms with van der Waals surface area (Å²) in [6.45, 7) is 2.25. The fourth-order valence-corrected chi connectivity index (χ4v) is 4.42. The number of hydrogen-bond acceptors (Lipinski definition) is 6. The SMILES string of the molecule is COc1ccc(-n2ncc3c(=O)n(CC4(O)CCN(Cc5ccc(F)cc5)CC4)cnc32)cc1. The summed E-state index contributed by atoms with van der Waals surface area (Å²) >= 11 is 0. The van der Waals surface area contributed by atoms with Crippen LogP contribution in [0.15, 0.2) is 65.8 Å². The summed E-state index contributed by atoms with van der Waals surface area (Å²) in [5.41, 5.74) is 1.04. The lowest BCUT2D eigenvalue weighted by atomic mass is 9.91. The van der Waals surface area contributed by atoms with Crippen molar-refractivity contribution in [1.29, 1.82) is 0 Å². The molecule has 2 aromatic heterocycles. The third-order valence-corrected chi connectivity index (χ3v) is 6.44. The Morgan fingerprint density at radius 1 is 1.09 bits per heavy atom. The van der Waals surface area contributed by atoms with Crippen LogP contribution in [0, 0.1) is 5.82 Å². The minimum absolute atomic E-state index is 0.173. The van der Waals surface area contributed by atoms with Gasteiger partial charge in [-0.25, -0.2) is 14.1 Å². The number of nitrogens with zero attached hydrogens (tertiary/aromatic N) is 5. The van der Waals surface area contributed by atoms with Crippen molar-refractivity contribution < 1.29 is 14.2 Å². The van der Waals surface area contributed by atoms with Gasteiger partial charge in [0.05, 0.1) is 31.1 Å². The van der Waals surface area contributed by atoms with Crippen LogP contribution in [0.3, 0.4) is 0 Å². The largest absolute Gasteiger partial charge is 0.497 e. The summed E-state index contributed by atoms with van der Waals surface area (Å²) in [5.74, 6) is 0.481. The van der Waals surface area contributed by atoms with E-state index < -0.39 is 5.60 Å². The molecule has 1 aliphatic rings. The minimum atomic E-state index is -0.996. The van der Waals surface area contributed by atoms with Crippen LogP contribution in [0.5, 0.6) is 5.75 Å². The highest BCUT2D eigenvalue weighted by Crippen LogP contribution is 2.25. The number of benzene rings is 2. The van der Waals surface area contributed by atoms with Crippen molar-refractivity contribution in [3.8, 4) is 11.4 Å². The topological polar surface area (TPSA) is 85.4 Å². The van der Waals surface area contributed by atoms with Crippen molar-refractivity contribution in [2.24, 2.45) is 0 Å². The van der Waals surface area contributed by atoms with Crippen LogP contribution in [-0.2, 0) is 13.1 Å². The first-order valence-corrected chi connectivity index (χ1v) is 11.2. The zero-order chi connectivity index (χ0) is 23.7. The van der Waals surface area contributed by atoms with Gasteiger partial charge in [-0.05, 0) is 54.8 Å². The van der Waals surface area contributed by atoms with E-state index in [2.05, 4.69) is 15.0 Å². The van der Waals surface area contributed by atoms with E-state index in [1.165, 1.54) is 29.2 Å². The van der Waals surface area contributed by atoms with Crippen LogP contribution < -0.4 is 10.3 Å². The average molecular weight is 464 g/mol. The summed E-state index contributed by atoms with van der Waals surface area (Å²) in [6, 6.07) is 13.8. The highest BCUT2D eigenvalue weighted by molar-refractivity contribution is 5.75. The molecule has 0 atom stereocenters. The average Bonchev–Trinajstić information content (AvgIpc) is 3.29. The number of ether oxygens (including phenoxy) is 1. The standard InChI is InChI=1S/C25H26FN5O3/c1-34-21-8-6-20(7-9-21)31-23-22(14-28-31)24(32)30(17-27-23)16-25(33)10-12-29(13-11-25)15-18-2-4-19(26)5-3-18/h2-9,14,17,33H,10-13,15-16H2,1H3. The molecule has 0 bridgehead atoms. The monoisotopic (exact) mass is 463 g/mol. The first kappa shape index (κ1) is 22.2. The maximum atomic E-state index is 13.1. The molecular formula is C25H26FN5O3. The normalized spacial score (nSPS) is 16.1. The number of aromatic nitrogens is 4. The summed E-state index contributed by atoms with van der Waals surface area (Å²) < 4.78 is 21.4. The summed E-state index contributed by atoms with van der Waals surface area (Å²) in [5, 5.41) is 15.9. The lowest BCUT2D eigenvalue weighted by Crippen LogP contribution is -2.47. The number of rotatable bonds is 6. The van der Waals surface area contributed by atoms with Crippen LogP contribution in [0.2, 0.25) is 0 Å². The molecule has 1 aliphatic heterocycles. The molecule has 0 amide bonds. The lowest BCUT2D eigenvalue weighted by molar-refractivity contribution is -0.0364. The second-order valence-electron chi connectivity index (χ2n) is 8.80. The van der Waals surface area contributed by atoms with E-state index >= 15 is 0 Å². The Bertz CT molecular complexity index is 1340. The number of hydrogen-bond donors (Lipinski definition) is 1. The Morgan fingerprint density at radius 3 is 2.47 bits per heavy atom. The van der Waals surface area contributed by atoms with E-state index in [-0.39, 0.29) is 17.9 Å².